The minimum atomic E-state index is -0.695. The molecule has 1 fully saturated rings. The first-order valence-electron chi connectivity index (χ1n) is 11.8. The van der Waals surface area contributed by atoms with Crippen molar-refractivity contribution in [1.82, 2.24) is 9.80 Å². The highest BCUT2D eigenvalue weighted by Crippen LogP contribution is 2.40. The third-order valence-electron chi connectivity index (χ3n) is 6.31. The topological polar surface area (TPSA) is 73.3 Å². The van der Waals surface area contributed by atoms with Crippen molar-refractivity contribution in [3.8, 4) is 5.75 Å². The number of ketones is 1. The van der Waals surface area contributed by atoms with Gasteiger partial charge < -0.3 is 24.5 Å². The maximum atomic E-state index is 13.2. The number of benzene rings is 2. The summed E-state index contributed by atoms with van der Waals surface area (Å²) in [6.45, 7) is 7.10. The molecule has 1 aliphatic rings. The highest BCUT2D eigenvalue weighted by molar-refractivity contribution is 6.46. The Balaban J connectivity index is 2.10. The minimum absolute atomic E-state index is 0.0693. The molecule has 0 radical (unpaired) electrons. The molecule has 35 heavy (non-hydrogen) atoms. The average molecular weight is 500 g/mol. The van der Waals surface area contributed by atoms with E-state index in [1.807, 2.05) is 43.3 Å². The number of hydrogen-bond donors (Lipinski definition) is 1. The zero-order chi connectivity index (χ0) is 25.7. The van der Waals surface area contributed by atoms with E-state index in [9.17, 15) is 14.7 Å². The van der Waals surface area contributed by atoms with E-state index in [2.05, 4.69) is 18.7 Å². The number of carbonyl (C=O) groups excluding carboxylic acids is 2. The molecule has 0 aromatic heterocycles. The molecule has 3 rings (SSSR count). The summed E-state index contributed by atoms with van der Waals surface area (Å²) in [6, 6.07) is 11.9. The summed E-state index contributed by atoms with van der Waals surface area (Å²) in [6.07, 6.45) is 0.697. The normalized spacial score (nSPS) is 17.3. The molecule has 2 aromatic rings. The van der Waals surface area contributed by atoms with Crippen LogP contribution in [-0.2, 0) is 9.59 Å². The van der Waals surface area contributed by atoms with Gasteiger partial charge in [-0.3, -0.25) is 9.59 Å². The lowest BCUT2D eigenvalue weighted by atomic mass is 9.95. The van der Waals surface area contributed by atoms with E-state index in [0.29, 0.717) is 29.3 Å². The van der Waals surface area contributed by atoms with Crippen LogP contribution in [0.25, 0.3) is 5.76 Å². The van der Waals surface area contributed by atoms with Crippen LogP contribution in [0.5, 0.6) is 5.75 Å². The number of anilines is 1. The van der Waals surface area contributed by atoms with Crippen molar-refractivity contribution in [3.63, 3.8) is 0 Å². The van der Waals surface area contributed by atoms with Gasteiger partial charge in [0.15, 0.2) is 0 Å². The number of halogens is 1. The fraction of sp³-hybridized carbons (Fsp3) is 0.407. The molecule has 1 heterocycles. The van der Waals surface area contributed by atoms with Gasteiger partial charge in [0, 0.05) is 30.9 Å². The number of aliphatic hydroxyl groups is 1. The summed E-state index contributed by atoms with van der Waals surface area (Å²) < 4.78 is 5.27. The number of Topliss-reactive ketones (excluding diaryl/α,β-unsaturated/α-hetero) is 1. The first-order chi connectivity index (χ1) is 16.7. The van der Waals surface area contributed by atoms with E-state index < -0.39 is 17.7 Å². The van der Waals surface area contributed by atoms with Crippen molar-refractivity contribution in [2.24, 2.45) is 0 Å². The van der Waals surface area contributed by atoms with Gasteiger partial charge in [0.1, 0.15) is 11.5 Å². The van der Waals surface area contributed by atoms with Crippen molar-refractivity contribution < 1.29 is 19.4 Å². The molecule has 0 bridgehead atoms. The lowest BCUT2D eigenvalue weighted by molar-refractivity contribution is -0.139. The van der Waals surface area contributed by atoms with Crippen LogP contribution in [0.3, 0.4) is 0 Å². The molecular weight excluding hydrogens is 466 g/mol. The molecule has 0 spiro atoms. The molecule has 1 aliphatic heterocycles. The van der Waals surface area contributed by atoms with Crippen molar-refractivity contribution in [3.05, 3.63) is 64.2 Å². The van der Waals surface area contributed by atoms with Crippen LogP contribution in [0.1, 0.15) is 37.4 Å². The van der Waals surface area contributed by atoms with Gasteiger partial charge in [0.2, 0.25) is 0 Å². The van der Waals surface area contributed by atoms with Gasteiger partial charge in [0.25, 0.3) is 11.7 Å². The average Bonchev–Trinajstić information content (AvgIpc) is 3.10. The third kappa shape index (κ3) is 5.63. The summed E-state index contributed by atoms with van der Waals surface area (Å²) in [7, 11) is 5.41. The van der Waals surface area contributed by atoms with Crippen LogP contribution in [-0.4, -0.2) is 74.0 Å². The second-order valence-electron chi connectivity index (χ2n) is 8.76. The Morgan fingerprint density at radius 1 is 1.09 bits per heavy atom. The molecule has 2 aromatic carbocycles. The fourth-order valence-electron chi connectivity index (χ4n) is 4.43. The quantitative estimate of drug-likeness (QED) is 0.293. The molecule has 1 atom stereocenters. The van der Waals surface area contributed by atoms with E-state index >= 15 is 0 Å². The Labute approximate surface area is 212 Å². The highest BCUT2D eigenvalue weighted by atomic mass is 35.5. The second-order valence-corrected chi connectivity index (χ2v) is 9.17. The van der Waals surface area contributed by atoms with Crippen molar-refractivity contribution in [2.75, 3.05) is 52.3 Å². The van der Waals surface area contributed by atoms with Gasteiger partial charge in [-0.05, 0) is 76.8 Å². The van der Waals surface area contributed by atoms with E-state index in [1.54, 1.807) is 23.1 Å². The lowest BCUT2D eigenvalue weighted by Crippen LogP contribution is -2.32. The molecule has 1 unspecified atom stereocenters. The molecule has 1 amide bonds. The zero-order valence-corrected chi connectivity index (χ0v) is 21.8. The van der Waals surface area contributed by atoms with E-state index in [1.165, 1.54) is 7.11 Å². The van der Waals surface area contributed by atoms with Gasteiger partial charge in [-0.1, -0.05) is 23.7 Å². The number of carbonyl (C=O) groups is 2. The van der Waals surface area contributed by atoms with Gasteiger partial charge in [-0.2, -0.15) is 0 Å². The number of amides is 1. The van der Waals surface area contributed by atoms with E-state index in [4.69, 9.17) is 16.3 Å². The largest absolute Gasteiger partial charge is 0.507 e. The smallest absolute Gasteiger partial charge is 0.295 e. The minimum Gasteiger partial charge on any atom is -0.507 e. The number of ether oxygens (including phenoxy) is 1. The van der Waals surface area contributed by atoms with Crippen LogP contribution >= 0.6 is 11.6 Å². The monoisotopic (exact) mass is 499 g/mol. The molecule has 0 aliphatic carbocycles. The first-order valence-corrected chi connectivity index (χ1v) is 12.2. The maximum Gasteiger partial charge on any atom is 0.295 e. The highest BCUT2D eigenvalue weighted by Gasteiger charge is 2.45. The number of aliphatic hydroxyl groups excluding tert-OH is 1. The molecule has 7 nitrogen and oxygen atoms in total. The van der Waals surface area contributed by atoms with Crippen LogP contribution in [0.2, 0.25) is 5.02 Å². The number of hydrogen-bond acceptors (Lipinski definition) is 6. The third-order valence-corrected chi connectivity index (χ3v) is 6.62. The summed E-state index contributed by atoms with van der Waals surface area (Å²) in [5, 5.41) is 11.7. The van der Waals surface area contributed by atoms with Crippen molar-refractivity contribution in [1.29, 1.82) is 0 Å². The van der Waals surface area contributed by atoms with Crippen molar-refractivity contribution >= 4 is 34.7 Å². The molecular formula is C27H34ClN3O4. The summed E-state index contributed by atoms with van der Waals surface area (Å²) in [5.41, 5.74) is 2.26. The molecule has 0 saturated carbocycles. The Hall–Kier alpha value is -3.03. The number of nitrogens with zero attached hydrogens (tertiary/aromatic N) is 3. The van der Waals surface area contributed by atoms with Crippen LogP contribution in [0, 0.1) is 0 Å². The molecule has 8 heteroatoms. The lowest BCUT2D eigenvalue weighted by Gasteiger charge is -2.27. The molecule has 1 N–H and O–H groups in total. The van der Waals surface area contributed by atoms with Crippen molar-refractivity contribution in [2.45, 2.75) is 26.3 Å². The van der Waals surface area contributed by atoms with Gasteiger partial charge in [-0.15, -0.1) is 0 Å². The predicted octanol–water partition coefficient (Wildman–Crippen LogP) is 4.57. The zero-order valence-electron chi connectivity index (χ0n) is 21.0. The summed E-state index contributed by atoms with van der Waals surface area (Å²) in [5.74, 6) is -1.18. The summed E-state index contributed by atoms with van der Waals surface area (Å²) >= 11 is 6.15. The van der Waals surface area contributed by atoms with E-state index in [0.717, 1.165) is 30.9 Å². The number of methoxy groups -OCH3 is 1. The van der Waals surface area contributed by atoms with Crippen LogP contribution in [0.4, 0.5) is 5.69 Å². The Morgan fingerprint density at radius 2 is 1.74 bits per heavy atom. The SMILES string of the molecule is CCN(CC)c1ccc(C2/C(=C(/O)c3ccc(Cl)c(OC)c3)C(=O)C(=O)N2CCCN(C)C)cc1. The first kappa shape index (κ1) is 26.6. The van der Waals surface area contributed by atoms with Gasteiger partial charge in [0.05, 0.1) is 23.7 Å². The van der Waals surface area contributed by atoms with Gasteiger partial charge >= 0.3 is 0 Å². The Morgan fingerprint density at radius 3 is 2.31 bits per heavy atom. The molecule has 188 valence electrons. The summed E-state index contributed by atoms with van der Waals surface area (Å²) in [4.78, 5) is 32.2. The maximum absolute atomic E-state index is 13.2. The number of rotatable bonds is 10. The van der Waals surface area contributed by atoms with Gasteiger partial charge in [-0.25, -0.2) is 0 Å². The molecule has 1 saturated heterocycles. The Bertz CT molecular complexity index is 1090. The number of likely N-dealkylation sites (tertiary alicyclic amines) is 1. The second kappa shape index (κ2) is 11.6. The Kier molecular flexibility index (Phi) is 8.81. The van der Waals surface area contributed by atoms with Crippen LogP contribution in [0.15, 0.2) is 48.0 Å². The standard InChI is InChI=1S/C27H34ClN3O4/c1-6-30(7-2)20-12-9-18(10-13-20)24-23(25(32)19-11-14-21(28)22(17-19)35-5)26(33)27(34)31(24)16-8-15-29(3)4/h9-14,17,24,32H,6-8,15-16H2,1-5H3/b25-23-. The van der Waals surface area contributed by atoms with Crippen LogP contribution < -0.4 is 9.64 Å². The fourth-order valence-corrected chi connectivity index (χ4v) is 4.63. The predicted molar refractivity (Wildman–Crippen MR) is 140 cm³/mol. The van der Waals surface area contributed by atoms with E-state index in [-0.39, 0.29) is 11.3 Å².